The van der Waals surface area contributed by atoms with E-state index in [0.29, 0.717) is 31.7 Å². The number of H-pyrrole nitrogens is 1. The van der Waals surface area contributed by atoms with E-state index in [-0.39, 0.29) is 11.1 Å². The molecule has 1 fully saturated rings. The number of allylic oxidation sites excluding steroid dienone is 1. The topological polar surface area (TPSA) is 69.3 Å². The van der Waals surface area contributed by atoms with Gasteiger partial charge in [-0.2, -0.15) is 5.10 Å². The van der Waals surface area contributed by atoms with Gasteiger partial charge in [0, 0.05) is 43.5 Å². The first kappa shape index (κ1) is 19.5. The van der Waals surface area contributed by atoms with Gasteiger partial charge in [0.2, 0.25) is 0 Å². The SMILES string of the molecule is C=C(c1ccn[nH]1)N1CCN(C(=O)C(=O)/C(=C/C)c2c(C)cccc2F)CC1. The molecule has 1 aromatic heterocycles. The van der Waals surface area contributed by atoms with Crippen LogP contribution in [0.15, 0.2) is 43.1 Å². The molecule has 1 aliphatic heterocycles. The van der Waals surface area contributed by atoms with Gasteiger partial charge in [-0.1, -0.05) is 24.8 Å². The highest BCUT2D eigenvalue weighted by Crippen LogP contribution is 2.24. The molecular formula is C21H23FN4O2. The number of hydrogen-bond donors (Lipinski definition) is 1. The Labute approximate surface area is 163 Å². The van der Waals surface area contributed by atoms with Crippen molar-refractivity contribution in [2.45, 2.75) is 13.8 Å². The number of carbonyl (C=O) groups excluding carboxylic acids is 2. The molecule has 2 heterocycles. The molecule has 0 bridgehead atoms. The first-order chi connectivity index (χ1) is 13.4. The number of amides is 1. The molecule has 1 amide bonds. The maximum absolute atomic E-state index is 14.3. The predicted molar refractivity (Wildman–Crippen MR) is 106 cm³/mol. The van der Waals surface area contributed by atoms with E-state index in [2.05, 4.69) is 16.8 Å². The minimum absolute atomic E-state index is 0.102. The minimum Gasteiger partial charge on any atom is -0.367 e. The van der Waals surface area contributed by atoms with E-state index in [1.165, 1.54) is 17.0 Å². The van der Waals surface area contributed by atoms with Crippen LogP contribution in [0.2, 0.25) is 0 Å². The summed E-state index contributed by atoms with van der Waals surface area (Å²) in [6.45, 7) is 9.32. The van der Waals surface area contributed by atoms with Gasteiger partial charge in [0.15, 0.2) is 0 Å². The van der Waals surface area contributed by atoms with Crippen LogP contribution in [0.5, 0.6) is 0 Å². The number of ketones is 1. The fraction of sp³-hybridized carbons (Fsp3) is 0.286. The highest BCUT2D eigenvalue weighted by molar-refractivity contribution is 6.53. The Morgan fingerprint density at radius 2 is 1.86 bits per heavy atom. The fourth-order valence-electron chi connectivity index (χ4n) is 3.39. The van der Waals surface area contributed by atoms with Crippen molar-refractivity contribution in [1.82, 2.24) is 20.0 Å². The van der Waals surface area contributed by atoms with E-state index < -0.39 is 17.5 Å². The number of nitrogens with zero attached hydrogens (tertiary/aromatic N) is 3. The molecule has 0 radical (unpaired) electrons. The number of piperazine rings is 1. The molecule has 0 aliphatic carbocycles. The molecular weight excluding hydrogens is 359 g/mol. The van der Waals surface area contributed by atoms with E-state index in [1.54, 1.807) is 32.2 Å². The van der Waals surface area contributed by atoms with Crippen LogP contribution in [0, 0.1) is 12.7 Å². The number of aromatic amines is 1. The number of rotatable bonds is 5. The molecule has 28 heavy (non-hydrogen) atoms. The van der Waals surface area contributed by atoms with Gasteiger partial charge in [0.1, 0.15) is 5.82 Å². The Balaban J connectivity index is 1.69. The van der Waals surface area contributed by atoms with Crippen LogP contribution >= 0.6 is 0 Å². The van der Waals surface area contributed by atoms with Crippen molar-refractivity contribution in [2.24, 2.45) is 0 Å². The summed E-state index contributed by atoms with van der Waals surface area (Å²) in [6, 6.07) is 6.43. The number of benzene rings is 1. The van der Waals surface area contributed by atoms with Gasteiger partial charge in [0.25, 0.3) is 11.7 Å². The van der Waals surface area contributed by atoms with Crippen molar-refractivity contribution in [1.29, 1.82) is 0 Å². The van der Waals surface area contributed by atoms with Crippen molar-refractivity contribution in [3.63, 3.8) is 0 Å². The summed E-state index contributed by atoms with van der Waals surface area (Å²) < 4.78 is 14.3. The molecule has 146 valence electrons. The number of halogens is 1. The molecule has 1 N–H and O–H groups in total. The van der Waals surface area contributed by atoms with Gasteiger partial charge >= 0.3 is 0 Å². The van der Waals surface area contributed by atoms with E-state index in [0.717, 1.165) is 11.4 Å². The molecule has 0 saturated carbocycles. The Kier molecular flexibility index (Phi) is 5.73. The van der Waals surface area contributed by atoms with Crippen molar-refractivity contribution in [2.75, 3.05) is 26.2 Å². The first-order valence-corrected chi connectivity index (χ1v) is 9.13. The Morgan fingerprint density at radius 1 is 1.18 bits per heavy atom. The average Bonchev–Trinajstić information content (AvgIpc) is 3.24. The Hall–Kier alpha value is -3.22. The number of nitrogens with one attached hydrogen (secondary N) is 1. The Bertz CT molecular complexity index is 906. The van der Waals surface area contributed by atoms with Crippen LogP contribution in [0.3, 0.4) is 0 Å². The zero-order chi connectivity index (χ0) is 20.3. The quantitative estimate of drug-likeness (QED) is 0.638. The summed E-state index contributed by atoms with van der Waals surface area (Å²) in [5.41, 5.74) is 2.53. The van der Waals surface area contributed by atoms with Crippen LogP contribution in [-0.4, -0.2) is 57.9 Å². The highest BCUT2D eigenvalue weighted by Gasteiger charge is 2.30. The number of aromatic nitrogens is 2. The summed E-state index contributed by atoms with van der Waals surface area (Å²) in [7, 11) is 0. The van der Waals surface area contributed by atoms with E-state index in [1.807, 2.05) is 11.0 Å². The second-order valence-electron chi connectivity index (χ2n) is 6.66. The average molecular weight is 382 g/mol. The van der Waals surface area contributed by atoms with Crippen molar-refractivity contribution < 1.29 is 14.0 Å². The molecule has 0 spiro atoms. The van der Waals surface area contributed by atoms with Gasteiger partial charge in [0.05, 0.1) is 11.4 Å². The van der Waals surface area contributed by atoms with Gasteiger partial charge in [-0.15, -0.1) is 0 Å². The minimum atomic E-state index is -0.684. The van der Waals surface area contributed by atoms with E-state index in [9.17, 15) is 14.0 Å². The normalized spacial score (nSPS) is 14.9. The molecule has 1 saturated heterocycles. The van der Waals surface area contributed by atoms with E-state index >= 15 is 0 Å². The van der Waals surface area contributed by atoms with Crippen molar-refractivity contribution >= 4 is 23.0 Å². The monoisotopic (exact) mass is 382 g/mol. The van der Waals surface area contributed by atoms with Gasteiger partial charge in [-0.05, 0) is 31.5 Å². The highest BCUT2D eigenvalue weighted by atomic mass is 19.1. The van der Waals surface area contributed by atoms with Crippen molar-refractivity contribution in [3.8, 4) is 0 Å². The first-order valence-electron chi connectivity index (χ1n) is 9.13. The molecule has 6 nitrogen and oxygen atoms in total. The lowest BCUT2D eigenvalue weighted by Gasteiger charge is -2.36. The molecule has 1 aliphatic rings. The van der Waals surface area contributed by atoms with Crippen LogP contribution in [0.25, 0.3) is 11.3 Å². The van der Waals surface area contributed by atoms with Crippen LogP contribution < -0.4 is 0 Å². The lowest BCUT2D eigenvalue weighted by molar-refractivity contribution is -0.142. The number of carbonyl (C=O) groups is 2. The molecule has 2 aromatic rings. The third-order valence-corrected chi connectivity index (χ3v) is 4.98. The molecule has 0 unspecified atom stereocenters. The second-order valence-corrected chi connectivity index (χ2v) is 6.66. The summed E-state index contributed by atoms with van der Waals surface area (Å²) in [4.78, 5) is 29.1. The summed E-state index contributed by atoms with van der Waals surface area (Å²) in [6.07, 6.45) is 3.16. The smallest absolute Gasteiger partial charge is 0.295 e. The summed E-state index contributed by atoms with van der Waals surface area (Å²) >= 11 is 0. The summed E-state index contributed by atoms with van der Waals surface area (Å²) in [5, 5.41) is 6.79. The molecule has 0 atom stereocenters. The third-order valence-electron chi connectivity index (χ3n) is 4.98. The van der Waals surface area contributed by atoms with Crippen molar-refractivity contribution in [3.05, 3.63) is 65.8 Å². The van der Waals surface area contributed by atoms with Crippen LogP contribution in [0.4, 0.5) is 4.39 Å². The van der Waals surface area contributed by atoms with Gasteiger partial charge in [-0.25, -0.2) is 4.39 Å². The third kappa shape index (κ3) is 3.74. The number of aryl methyl sites for hydroxylation is 1. The van der Waals surface area contributed by atoms with Gasteiger partial charge < -0.3 is 9.80 Å². The summed E-state index contributed by atoms with van der Waals surface area (Å²) in [5.74, 6) is -1.80. The maximum Gasteiger partial charge on any atom is 0.295 e. The van der Waals surface area contributed by atoms with Gasteiger partial charge in [-0.3, -0.25) is 14.7 Å². The molecule has 7 heteroatoms. The molecule has 1 aromatic carbocycles. The maximum atomic E-state index is 14.3. The van der Waals surface area contributed by atoms with E-state index in [4.69, 9.17) is 0 Å². The van der Waals surface area contributed by atoms with Crippen LogP contribution in [-0.2, 0) is 9.59 Å². The Morgan fingerprint density at radius 3 is 2.43 bits per heavy atom. The molecule has 3 rings (SSSR count). The standard InChI is InChI=1S/C21H23FN4O2/c1-4-16(19-14(2)6-5-7-17(19)22)20(27)21(28)26-12-10-25(11-13-26)15(3)18-8-9-23-24-18/h4-9H,3,10-13H2,1-2H3,(H,23,24)/b16-4+. The lowest BCUT2D eigenvalue weighted by Crippen LogP contribution is -2.50. The zero-order valence-electron chi connectivity index (χ0n) is 16.0. The van der Waals surface area contributed by atoms with Crippen LogP contribution in [0.1, 0.15) is 23.7 Å². The fourth-order valence-corrected chi connectivity index (χ4v) is 3.39. The second kappa shape index (κ2) is 8.21. The number of Topliss-reactive ketones (excluding diaryl/α,β-unsaturated/α-hetero) is 1. The largest absolute Gasteiger partial charge is 0.367 e. The lowest BCUT2D eigenvalue weighted by atomic mass is 9.95. The zero-order valence-corrected chi connectivity index (χ0v) is 16.0. The predicted octanol–water partition coefficient (Wildman–Crippen LogP) is 2.64. The number of hydrogen-bond acceptors (Lipinski definition) is 4.